The maximum absolute atomic E-state index is 12.8. The lowest BCUT2D eigenvalue weighted by atomic mass is 10.1. The molecular formula is C19H31N2O6P. The predicted molar refractivity (Wildman–Crippen MR) is 107 cm³/mol. The molecule has 158 valence electrons. The van der Waals surface area contributed by atoms with Crippen LogP contribution < -0.4 is 11.1 Å². The summed E-state index contributed by atoms with van der Waals surface area (Å²) in [6, 6.07) is 9.42. The number of carboxylic acid groups (broad SMARTS) is 1. The minimum Gasteiger partial charge on any atom is -0.479 e. The second-order valence-corrected chi connectivity index (χ2v) is 9.09. The van der Waals surface area contributed by atoms with Crippen LogP contribution in [0.2, 0.25) is 0 Å². The Hall–Kier alpha value is -1.73. The van der Waals surface area contributed by atoms with Gasteiger partial charge in [0.2, 0.25) is 5.91 Å². The zero-order chi connectivity index (χ0) is 21.2. The lowest BCUT2D eigenvalue weighted by Gasteiger charge is -2.27. The van der Waals surface area contributed by atoms with Crippen molar-refractivity contribution in [3.05, 3.63) is 35.9 Å². The Morgan fingerprint density at radius 2 is 1.89 bits per heavy atom. The van der Waals surface area contributed by atoms with Crippen LogP contribution in [-0.2, 0) is 25.1 Å². The molecule has 0 aliphatic rings. The Morgan fingerprint density at radius 1 is 1.25 bits per heavy atom. The smallest absolute Gasteiger partial charge is 0.351 e. The van der Waals surface area contributed by atoms with Crippen molar-refractivity contribution >= 4 is 19.5 Å². The Labute approximate surface area is 166 Å². The van der Waals surface area contributed by atoms with Crippen LogP contribution in [0.15, 0.2) is 30.3 Å². The van der Waals surface area contributed by atoms with Crippen molar-refractivity contribution in [1.29, 1.82) is 0 Å². The van der Waals surface area contributed by atoms with Gasteiger partial charge >= 0.3 is 13.6 Å². The number of hydrogen-bond donors (Lipinski definition) is 4. The summed E-state index contributed by atoms with van der Waals surface area (Å²) in [5.74, 6) is -2.89. The van der Waals surface area contributed by atoms with Gasteiger partial charge in [-0.05, 0) is 43.7 Å². The SMILES string of the molecule is CC(C)CC(NC(=O)CCc1ccccc1)P(=O)(O)OC(CCCN)C(=O)O. The van der Waals surface area contributed by atoms with Gasteiger partial charge in [-0.15, -0.1) is 0 Å². The number of aryl methyl sites for hydroxylation is 1. The van der Waals surface area contributed by atoms with Gasteiger partial charge in [0.1, 0.15) is 5.78 Å². The zero-order valence-electron chi connectivity index (χ0n) is 16.4. The lowest BCUT2D eigenvalue weighted by molar-refractivity contribution is -0.145. The maximum atomic E-state index is 12.8. The van der Waals surface area contributed by atoms with Crippen LogP contribution in [0.25, 0.3) is 0 Å². The van der Waals surface area contributed by atoms with Crippen LogP contribution >= 0.6 is 7.60 Å². The molecule has 1 amide bonds. The minimum atomic E-state index is -4.41. The van der Waals surface area contributed by atoms with Crippen LogP contribution in [0.1, 0.15) is 45.1 Å². The highest BCUT2D eigenvalue weighted by molar-refractivity contribution is 7.53. The summed E-state index contributed by atoms with van der Waals surface area (Å²) in [4.78, 5) is 34.0. The van der Waals surface area contributed by atoms with E-state index in [1.807, 2.05) is 44.2 Å². The lowest BCUT2D eigenvalue weighted by Crippen LogP contribution is -2.38. The molecule has 0 spiro atoms. The van der Waals surface area contributed by atoms with Crippen molar-refractivity contribution < 1.29 is 28.7 Å². The van der Waals surface area contributed by atoms with E-state index >= 15 is 0 Å². The van der Waals surface area contributed by atoms with E-state index in [4.69, 9.17) is 10.3 Å². The van der Waals surface area contributed by atoms with Gasteiger partial charge in [-0.1, -0.05) is 44.2 Å². The molecule has 0 saturated carbocycles. The summed E-state index contributed by atoms with van der Waals surface area (Å²) < 4.78 is 17.8. The molecule has 0 fully saturated rings. The second-order valence-electron chi connectivity index (χ2n) is 7.13. The van der Waals surface area contributed by atoms with Crippen LogP contribution in [0.4, 0.5) is 0 Å². The van der Waals surface area contributed by atoms with Crippen molar-refractivity contribution in [2.45, 2.75) is 57.8 Å². The van der Waals surface area contributed by atoms with Crippen molar-refractivity contribution in [2.75, 3.05) is 6.54 Å². The second kappa shape index (κ2) is 12.0. The molecule has 0 bridgehead atoms. The van der Waals surface area contributed by atoms with Crippen LogP contribution in [0.3, 0.4) is 0 Å². The van der Waals surface area contributed by atoms with Crippen LogP contribution in [-0.4, -0.2) is 40.3 Å². The number of carbonyl (C=O) groups is 2. The van der Waals surface area contributed by atoms with Crippen molar-refractivity contribution in [3.8, 4) is 0 Å². The monoisotopic (exact) mass is 414 g/mol. The molecule has 3 unspecified atom stereocenters. The number of aliphatic carboxylic acids is 1. The fourth-order valence-corrected chi connectivity index (χ4v) is 4.36. The van der Waals surface area contributed by atoms with E-state index in [0.29, 0.717) is 12.8 Å². The number of hydrogen-bond acceptors (Lipinski definition) is 5. The van der Waals surface area contributed by atoms with E-state index < -0.39 is 25.5 Å². The van der Waals surface area contributed by atoms with Gasteiger partial charge in [0.25, 0.3) is 0 Å². The fraction of sp³-hybridized carbons (Fsp3) is 0.579. The van der Waals surface area contributed by atoms with Gasteiger partial charge < -0.3 is 21.1 Å². The Bertz CT molecular complexity index is 668. The fourth-order valence-electron chi connectivity index (χ4n) is 2.66. The summed E-state index contributed by atoms with van der Waals surface area (Å²) in [7, 11) is -4.41. The summed E-state index contributed by atoms with van der Waals surface area (Å²) in [6.45, 7) is 3.92. The highest BCUT2D eigenvalue weighted by Gasteiger charge is 2.38. The highest BCUT2D eigenvalue weighted by Crippen LogP contribution is 2.50. The Kier molecular flexibility index (Phi) is 10.4. The third kappa shape index (κ3) is 8.97. The first kappa shape index (κ1) is 24.3. The van der Waals surface area contributed by atoms with E-state index in [9.17, 15) is 24.2 Å². The minimum absolute atomic E-state index is 0.00387. The Morgan fingerprint density at radius 3 is 2.43 bits per heavy atom. The van der Waals surface area contributed by atoms with E-state index in [1.165, 1.54) is 0 Å². The normalized spacial score (nSPS) is 15.6. The molecule has 3 atom stereocenters. The molecule has 28 heavy (non-hydrogen) atoms. The number of carbonyl (C=O) groups excluding carboxylic acids is 1. The van der Waals surface area contributed by atoms with Crippen LogP contribution in [0, 0.1) is 5.92 Å². The Balaban J connectivity index is 2.78. The molecule has 1 rings (SSSR count). The molecule has 9 heteroatoms. The quantitative estimate of drug-likeness (QED) is 0.364. The third-order valence-electron chi connectivity index (χ3n) is 4.12. The molecule has 0 aliphatic heterocycles. The molecule has 5 N–H and O–H groups in total. The summed E-state index contributed by atoms with van der Waals surface area (Å²) in [5, 5.41) is 11.8. The topological polar surface area (TPSA) is 139 Å². The van der Waals surface area contributed by atoms with Gasteiger partial charge in [-0.3, -0.25) is 13.9 Å². The highest BCUT2D eigenvalue weighted by atomic mass is 31.2. The largest absolute Gasteiger partial charge is 0.479 e. The summed E-state index contributed by atoms with van der Waals surface area (Å²) in [5.41, 5.74) is 6.36. The van der Waals surface area contributed by atoms with Crippen molar-refractivity contribution in [3.63, 3.8) is 0 Å². The number of rotatable bonds is 13. The predicted octanol–water partition coefficient (Wildman–Crippen LogP) is 2.50. The van der Waals surface area contributed by atoms with E-state index in [-0.39, 0.29) is 37.6 Å². The first-order valence-corrected chi connectivity index (χ1v) is 11.1. The molecule has 1 aromatic rings. The van der Waals surface area contributed by atoms with Gasteiger partial charge in [0, 0.05) is 6.42 Å². The molecule has 0 aliphatic carbocycles. The number of amides is 1. The van der Waals surface area contributed by atoms with E-state index in [0.717, 1.165) is 5.56 Å². The maximum Gasteiger partial charge on any atom is 0.351 e. The number of carboxylic acids is 1. The van der Waals surface area contributed by atoms with Gasteiger partial charge in [0.05, 0.1) is 0 Å². The first-order chi connectivity index (χ1) is 13.2. The molecule has 0 saturated heterocycles. The summed E-state index contributed by atoms with van der Waals surface area (Å²) in [6.07, 6.45) is -0.258. The van der Waals surface area contributed by atoms with Crippen molar-refractivity contribution in [2.24, 2.45) is 11.7 Å². The molecule has 1 aromatic carbocycles. The van der Waals surface area contributed by atoms with E-state index in [2.05, 4.69) is 5.32 Å². The number of nitrogens with two attached hydrogens (primary N) is 1. The van der Waals surface area contributed by atoms with E-state index in [1.54, 1.807) is 0 Å². The zero-order valence-corrected chi connectivity index (χ0v) is 17.3. The van der Waals surface area contributed by atoms with Crippen LogP contribution in [0.5, 0.6) is 0 Å². The molecule has 0 aromatic heterocycles. The number of nitrogens with one attached hydrogen (secondary N) is 1. The first-order valence-electron chi connectivity index (χ1n) is 9.42. The van der Waals surface area contributed by atoms with Gasteiger partial charge in [0.15, 0.2) is 6.10 Å². The standard InChI is InChI=1S/C19H31N2O6P/c1-14(2)13-18(21-17(22)11-10-15-7-4-3-5-8-15)28(25,26)27-16(19(23)24)9-6-12-20/h3-5,7-8,14,16,18H,6,9-13,20H2,1-2H3,(H,21,22)(H,23,24)(H,25,26). The molecule has 0 radical (unpaired) electrons. The average molecular weight is 414 g/mol. The number of benzene rings is 1. The van der Waals surface area contributed by atoms with Gasteiger partial charge in [-0.2, -0.15) is 0 Å². The third-order valence-corrected chi connectivity index (χ3v) is 5.81. The van der Waals surface area contributed by atoms with Crippen molar-refractivity contribution in [1.82, 2.24) is 5.32 Å². The summed E-state index contributed by atoms with van der Waals surface area (Å²) >= 11 is 0. The average Bonchev–Trinajstić information content (AvgIpc) is 2.63. The molecular weight excluding hydrogens is 383 g/mol. The van der Waals surface area contributed by atoms with Gasteiger partial charge in [-0.25, -0.2) is 4.79 Å². The molecule has 0 heterocycles. The molecule has 8 nitrogen and oxygen atoms in total.